The van der Waals surface area contributed by atoms with Crippen LogP contribution in [0.3, 0.4) is 0 Å². The number of aromatic nitrogens is 4. The van der Waals surface area contributed by atoms with Gasteiger partial charge in [-0.3, -0.25) is 14.4 Å². The number of aromatic amines is 1. The van der Waals surface area contributed by atoms with Gasteiger partial charge in [-0.1, -0.05) is 81.1 Å². The van der Waals surface area contributed by atoms with E-state index in [9.17, 15) is 14.4 Å². The number of pyridine rings is 2. The number of anilines is 3. The Kier molecular flexibility index (Phi) is 9.92. The molecule has 0 atom stereocenters. The predicted molar refractivity (Wildman–Crippen MR) is 182 cm³/mol. The molecule has 3 aromatic heterocycles. The molecule has 7 rings (SSSR count). The topological polar surface area (TPSA) is 121 Å². The van der Waals surface area contributed by atoms with Crippen LogP contribution in [0.5, 0.6) is 0 Å². The Labute approximate surface area is 273 Å². The first-order valence-corrected chi connectivity index (χ1v) is 17.3. The number of rotatable bonds is 8. The number of fused-ring (bicyclic) bond motifs is 2. The second kappa shape index (κ2) is 14.4. The van der Waals surface area contributed by atoms with Gasteiger partial charge in [0, 0.05) is 29.6 Å². The number of carbonyl (C=O) groups excluding carboxylic acids is 2. The highest BCUT2D eigenvalue weighted by Crippen LogP contribution is 2.43. The number of aryl methyl sites for hydroxylation is 1. The molecule has 1 amide bonds. The van der Waals surface area contributed by atoms with Crippen molar-refractivity contribution in [2.24, 2.45) is 5.92 Å². The molecule has 10 heteroatoms. The number of hydrogen-bond acceptors (Lipinski definition) is 8. The summed E-state index contributed by atoms with van der Waals surface area (Å²) in [6.07, 6.45) is 13.6. The van der Waals surface area contributed by atoms with Crippen molar-refractivity contribution in [1.82, 2.24) is 19.9 Å². The Morgan fingerprint density at radius 2 is 1.70 bits per heavy atom. The molecule has 4 aromatic rings. The summed E-state index contributed by atoms with van der Waals surface area (Å²) in [6, 6.07) is 15.1. The number of benzene rings is 1. The molecule has 9 nitrogen and oxygen atoms in total. The minimum Gasteiger partial charge on any atom is -0.318 e. The number of Topliss-reactive ketones (excluding diaryl/α,β-unsaturated/α-hetero) is 1. The molecule has 0 radical (unpaired) electrons. The fourth-order valence-corrected chi connectivity index (χ4v) is 7.01. The van der Waals surface area contributed by atoms with Gasteiger partial charge in [0.25, 0.3) is 11.5 Å². The highest BCUT2D eigenvalue weighted by Gasteiger charge is 2.38. The van der Waals surface area contributed by atoms with Crippen LogP contribution in [0.15, 0.2) is 70.9 Å². The van der Waals surface area contributed by atoms with E-state index >= 15 is 0 Å². The largest absolute Gasteiger partial charge is 0.318 e. The summed E-state index contributed by atoms with van der Waals surface area (Å²) in [6.45, 7) is 3.98. The summed E-state index contributed by atoms with van der Waals surface area (Å²) in [5.74, 6) is 2.36. The molecule has 2 N–H and O–H groups in total. The minimum absolute atomic E-state index is 0.0478. The summed E-state index contributed by atoms with van der Waals surface area (Å²) in [7, 11) is 0. The fourth-order valence-electron chi connectivity index (χ4n) is 6.24. The number of nitrogens with one attached hydrogen (secondary N) is 2. The van der Waals surface area contributed by atoms with Gasteiger partial charge in [0.2, 0.25) is 0 Å². The number of amides is 1. The van der Waals surface area contributed by atoms with Crippen LogP contribution in [0, 0.1) is 12.8 Å². The third kappa shape index (κ3) is 7.22. The van der Waals surface area contributed by atoms with Crippen LogP contribution in [-0.4, -0.2) is 43.4 Å². The van der Waals surface area contributed by atoms with Crippen molar-refractivity contribution in [3.63, 3.8) is 0 Å². The number of hydrogen-bond donors (Lipinski definition) is 2. The van der Waals surface area contributed by atoms with E-state index in [0.717, 1.165) is 47.6 Å². The van der Waals surface area contributed by atoms with E-state index in [1.54, 1.807) is 18.5 Å². The summed E-state index contributed by atoms with van der Waals surface area (Å²) >= 11 is 1.32. The zero-order chi connectivity index (χ0) is 32.0. The monoisotopic (exact) mass is 636 g/mol. The Bertz CT molecular complexity index is 1770. The molecule has 46 heavy (non-hydrogen) atoms. The quantitative estimate of drug-likeness (QED) is 0.120. The van der Waals surface area contributed by atoms with Gasteiger partial charge in [-0.15, -0.1) is 0 Å². The average Bonchev–Trinajstić information content (AvgIpc) is 3.92. The van der Waals surface area contributed by atoms with Crippen molar-refractivity contribution < 1.29 is 9.59 Å². The number of nitrogens with zero attached hydrogens (tertiary/aromatic N) is 4. The first-order valence-electron chi connectivity index (χ1n) is 16.3. The molecule has 0 saturated heterocycles. The van der Waals surface area contributed by atoms with Crippen molar-refractivity contribution in [2.75, 3.05) is 16.0 Å². The van der Waals surface area contributed by atoms with Crippen LogP contribution in [-0.2, 0) is 12.8 Å². The Morgan fingerprint density at radius 1 is 0.935 bits per heavy atom. The molecule has 2 fully saturated rings. The van der Waals surface area contributed by atoms with Crippen molar-refractivity contribution in [3.8, 4) is 0 Å². The molecule has 0 unspecified atom stereocenters. The zero-order valence-electron chi connectivity index (χ0n) is 26.4. The molecule has 0 spiro atoms. The Morgan fingerprint density at radius 3 is 2.43 bits per heavy atom. The van der Waals surface area contributed by atoms with Crippen molar-refractivity contribution >= 4 is 40.8 Å². The SMILES string of the molecule is CCc1c(CC2CCCCC2)nc(SCC(=O)c2ccccc2)[nH]c1=O.Cc1ccnc2c1NC(=O)c1cccnc1N2C1CC1. The zero-order valence-corrected chi connectivity index (χ0v) is 27.2. The molecule has 2 saturated carbocycles. The van der Waals surface area contributed by atoms with E-state index in [2.05, 4.69) is 25.2 Å². The molecule has 3 aliphatic rings. The number of thioether (sulfide) groups is 1. The minimum atomic E-state index is -0.117. The molecule has 0 bridgehead atoms. The van der Waals surface area contributed by atoms with Gasteiger partial charge in [0.15, 0.2) is 16.8 Å². The van der Waals surface area contributed by atoms with Gasteiger partial charge in [-0.2, -0.15) is 0 Å². The maximum atomic E-state index is 12.5. The summed E-state index contributed by atoms with van der Waals surface area (Å²) in [5, 5.41) is 3.53. The van der Waals surface area contributed by atoms with Crippen LogP contribution in [0.25, 0.3) is 0 Å². The third-order valence-corrected chi connectivity index (χ3v) is 9.73. The fraction of sp³-hybridized carbons (Fsp3) is 0.389. The highest BCUT2D eigenvalue weighted by atomic mass is 32.2. The van der Waals surface area contributed by atoms with Gasteiger partial charge >= 0.3 is 0 Å². The molecule has 2 aliphatic carbocycles. The van der Waals surface area contributed by atoms with E-state index in [1.165, 1.54) is 43.9 Å². The number of carbonyl (C=O) groups is 2. The third-order valence-electron chi connectivity index (χ3n) is 8.85. The van der Waals surface area contributed by atoms with Crippen LogP contribution in [0.4, 0.5) is 17.3 Å². The lowest BCUT2D eigenvalue weighted by molar-refractivity contribution is 0.101. The van der Waals surface area contributed by atoms with Crippen LogP contribution >= 0.6 is 11.8 Å². The van der Waals surface area contributed by atoms with Gasteiger partial charge in [0.05, 0.1) is 22.7 Å². The maximum absolute atomic E-state index is 12.5. The number of ketones is 1. The van der Waals surface area contributed by atoms with Crippen LogP contribution in [0.1, 0.15) is 89.4 Å². The Hall–Kier alpha value is -4.31. The molecule has 1 aliphatic heterocycles. The summed E-state index contributed by atoms with van der Waals surface area (Å²) in [4.78, 5) is 55.7. The highest BCUT2D eigenvalue weighted by molar-refractivity contribution is 7.99. The molecule has 238 valence electrons. The van der Waals surface area contributed by atoms with E-state index in [4.69, 9.17) is 4.98 Å². The molecule has 1 aromatic carbocycles. The van der Waals surface area contributed by atoms with Crippen molar-refractivity contribution in [1.29, 1.82) is 0 Å². The number of H-pyrrole nitrogens is 1. The molecular weight excluding hydrogens is 597 g/mol. The average molecular weight is 637 g/mol. The first kappa shape index (κ1) is 31.7. The second-order valence-corrected chi connectivity index (χ2v) is 13.2. The van der Waals surface area contributed by atoms with E-state index in [1.807, 2.05) is 56.3 Å². The van der Waals surface area contributed by atoms with Crippen molar-refractivity contribution in [3.05, 3.63) is 99.2 Å². The lowest BCUT2D eigenvalue weighted by Gasteiger charge is -2.23. The van der Waals surface area contributed by atoms with Crippen LogP contribution < -0.4 is 15.8 Å². The van der Waals surface area contributed by atoms with Gasteiger partial charge in [-0.05, 0) is 62.3 Å². The lowest BCUT2D eigenvalue weighted by atomic mass is 9.85. The predicted octanol–water partition coefficient (Wildman–Crippen LogP) is 7.08. The summed E-state index contributed by atoms with van der Waals surface area (Å²) in [5.41, 5.74) is 4.78. The molecule has 4 heterocycles. The summed E-state index contributed by atoms with van der Waals surface area (Å²) < 4.78 is 0. The Balaban J connectivity index is 0.000000166. The van der Waals surface area contributed by atoms with Crippen LogP contribution in [0.2, 0.25) is 0 Å². The van der Waals surface area contributed by atoms with E-state index < -0.39 is 0 Å². The lowest BCUT2D eigenvalue weighted by Crippen LogP contribution is -2.22. The van der Waals surface area contributed by atoms with E-state index in [0.29, 0.717) is 40.5 Å². The smallest absolute Gasteiger partial charge is 0.259 e. The van der Waals surface area contributed by atoms with Gasteiger partial charge in [0.1, 0.15) is 5.82 Å². The molecular formula is C36H40N6O3S. The van der Waals surface area contributed by atoms with Gasteiger partial charge < -0.3 is 15.2 Å². The van der Waals surface area contributed by atoms with Crippen molar-refractivity contribution in [2.45, 2.75) is 82.8 Å². The first-order chi connectivity index (χ1) is 22.4. The standard InChI is InChI=1S/C21H26N2O2S.C15H14N4O/c1-2-17-18(13-15-9-5-3-6-10-15)22-21(23-20(17)25)26-14-19(24)16-11-7-4-8-12-16;1-9-6-8-17-14-12(9)18-15(20)11-3-2-7-16-13(11)19(14)10-4-5-10/h4,7-8,11-12,15H,2-3,5-6,9-10,13-14H2,1H3,(H,22,23,25);2-3,6-8,10H,4-5H2,1H3,(H,18,20). The second-order valence-electron chi connectivity index (χ2n) is 12.2. The maximum Gasteiger partial charge on any atom is 0.259 e. The van der Waals surface area contributed by atoms with Gasteiger partial charge in [-0.25, -0.2) is 15.0 Å². The normalized spacial score (nSPS) is 16.0. The van der Waals surface area contributed by atoms with E-state index in [-0.39, 0.29) is 23.0 Å².